The molecule has 0 amide bonds. The zero-order valence-corrected chi connectivity index (χ0v) is 11.4. The van der Waals surface area contributed by atoms with Crippen LogP contribution in [0.3, 0.4) is 0 Å². The van der Waals surface area contributed by atoms with Gasteiger partial charge in [-0.2, -0.15) is 0 Å². The van der Waals surface area contributed by atoms with Crippen molar-refractivity contribution in [1.82, 2.24) is 4.98 Å². The molecule has 1 aromatic heterocycles. The monoisotopic (exact) mass is 310 g/mol. The quantitative estimate of drug-likeness (QED) is 0.937. The summed E-state index contributed by atoms with van der Waals surface area (Å²) < 4.78 is 18.8. The van der Waals surface area contributed by atoms with Gasteiger partial charge in [-0.05, 0) is 29.8 Å². The zero-order chi connectivity index (χ0) is 13.0. The van der Waals surface area contributed by atoms with E-state index in [9.17, 15) is 4.39 Å². The second-order valence-corrected chi connectivity index (χ2v) is 4.50. The maximum Gasteiger partial charge on any atom is 0.237 e. The average Bonchev–Trinajstić information content (AvgIpc) is 2.38. The van der Waals surface area contributed by atoms with Crippen molar-refractivity contribution in [3.05, 3.63) is 52.4 Å². The number of hydrogen-bond acceptors (Lipinski definition) is 3. The third kappa shape index (κ3) is 2.98. The molecule has 0 aliphatic rings. The van der Waals surface area contributed by atoms with Gasteiger partial charge in [0.15, 0.2) is 0 Å². The SMILES string of the molecule is COc1ncccc1NCc1ccc(F)cc1Br. The van der Waals surface area contributed by atoms with Gasteiger partial charge in [0.05, 0.1) is 12.8 Å². The molecule has 94 valence electrons. The topological polar surface area (TPSA) is 34.1 Å². The first kappa shape index (κ1) is 12.8. The van der Waals surface area contributed by atoms with Gasteiger partial charge in [-0.15, -0.1) is 0 Å². The van der Waals surface area contributed by atoms with E-state index < -0.39 is 0 Å². The lowest BCUT2D eigenvalue weighted by molar-refractivity contribution is 0.399. The molecule has 1 heterocycles. The molecule has 0 aliphatic carbocycles. The lowest BCUT2D eigenvalue weighted by Crippen LogP contribution is -2.03. The summed E-state index contributed by atoms with van der Waals surface area (Å²) in [6.45, 7) is 0.558. The number of aromatic nitrogens is 1. The lowest BCUT2D eigenvalue weighted by atomic mass is 10.2. The number of pyridine rings is 1. The normalized spacial score (nSPS) is 10.2. The molecule has 0 bridgehead atoms. The van der Waals surface area contributed by atoms with Gasteiger partial charge < -0.3 is 10.1 Å². The standard InChI is InChI=1S/C13H12BrFN2O/c1-18-13-12(3-2-6-16-13)17-8-9-4-5-10(15)7-11(9)14/h2-7,17H,8H2,1H3. The molecule has 1 aromatic carbocycles. The van der Waals surface area contributed by atoms with Crippen LogP contribution >= 0.6 is 15.9 Å². The highest BCUT2D eigenvalue weighted by molar-refractivity contribution is 9.10. The number of halogens is 2. The molecule has 0 spiro atoms. The summed E-state index contributed by atoms with van der Waals surface area (Å²) in [5.41, 5.74) is 1.76. The Morgan fingerprint density at radius 2 is 2.22 bits per heavy atom. The van der Waals surface area contributed by atoms with Gasteiger partial charge in [-0.1, -0.05) is 22.0 Å². The Hall–Kier alpha value is -1.62. The largest absolute Gasteiger partial charge is 0.480 e. The number of benzene rings is 1. The second-order valence-electron chi connectivity index (χ2n) is 3.65. The van der Waals surface area contributed by atoms with Crippen LogP contribution in [0.4, 0.5) is 10.1 Å². The Bertz CT molecular complexity index is 548. The van der Waals surface area contributed by atoms with E-state index in [0.29, 0.717) is 12.4 Å². The molecule has 0 fully saturated rings. The molecule has 2 rings (SSSR count). The Balaban J connectivity index is 2.11. The van der Waals surface area contributed by atoms with Crippen LogP contribution in [-0.2, 0) is 6.54 Å². The Morgan fingerprint density at radius 1 is 1.39 bits per heavy atom. The molecule has 18 heavy (non-hydrogen) atoms. The third-order valence-corrected chi connectivity index (χ3v) is 3.19. The first-order chi connectivity index (χ1) is 8.70. The number of nitrogens with zero attached hydrogens (tertiary/aromatic N) is 1. The van der Waals surface area contributed by atoms with E-state index in [-0.39, 0.29) is 5.82 Å². The maximum atomic E-state index is 12.9. The van der Waals surface area contributed by atoms with E-state index >= 15 is 0 Å². The zero-order valence-electron chi connectivity index (χ0n) is 9.78. The fourth-order valence-electron chi connectivity index (χ4n) is 1.54. The Kier molecular flexibility index (Phi) is 4.15. The van der Waals surface area contributed by atoms with Gasteiger partial charge in [-0.25, -0.2) is 9.37 Å². The van der Waals surface area contributed by atoms with Gasteiger partial charge >= 0.3 is 0 Å². The predicted octanol–water partition coefficient (Wildman–Crippen LogP) is 3.60. The first-order valence-electron chi connectivity index (χ1n) is 5.37. The highest BCUT2D eigenvalue weighted by Gasteiger charge is 2.05. The third-order valence-electron chi connectivity index (χ3n) is 2.45. The molecule has 0 aliphatic heterocycles. The Morgan fingerprint density at radius 3 is 2.94 bits per heavy atom. The summed E-state index contributed by atoms with van der Waals surface area (Å²) in [6.07, 6.45) is 1.66. The smallest absolute Gasteiger partial charge is 0.237 e. The van der Waals surface area contributed by atoms with Gasteiger partial charge in [0, 0.05) is 17.2 Å². The number of rotatable bonds is 4. The van der Waals surface area contributed by atoms with E-state index in [1.807, 2.05) is 12.1 Å². The molecule has 0 unspecified atom stereocenters. The Labute approximate surface area is 113 Å². The fourth-order valence-corrected chi connectivity index (χ4v) is 2.03. The number of ether oxygens (including phenoxy) is 1. The number of methoxy groups -OCH3 is 1. The molecular weight excluding hydrogens is 299 g/mol. The summed E-state index contributed by atoms with van der Waals surface area (Å²) in [5, 5.41) is 3.20. The van der Waals surface area contributed by atoms with Crippen LogP contribution in [0.5, 0.6) is 5.88 Å². The molecule has 3 nitrogen and oxygen atoms in total. The van der Waals surface area contributed by atoms with Crippen LogP contribution in [0.1, 0.15) is 5.56 Å². The molecule has 0 radical (unpaired) electrons. The number of nitrogens with one attached hydrogen (secondary N) is 1. The second kappa shape index (κ2) is 5.82. The maximum absolute atomic E-state index is 12.9. The number of hydrogen-bond donors (Lipinski definition) is 1. The van der Waals surface area contributed by atoms with E-state index in [0.717, 1.165) is 15.7 Å². The molecule has 0 saturated heterocycles. The minimum atomic E-state index is -0.260. The molecular formula is C13H12BrFN2O. The average molecular weight is 311 g/mol. The highest BCUT2D eigenvalue weighted by Crippen LogP contribution is 2.23. The van der Waals surface area contributed by atoms with E-state index in [2.05, 4.69) is 26.2 Å². The summed E-state index contributed by atoms with van der Waals surface area (Å²) in [6, 6.07) is 8.31. The fraction of sp³-hybridized carbons (Fsp3) is 0.154. The van der Waals surface area contributed by atoms with Crippen LogP contribution in [0.2, 0.25) is 0 Å². The summed E-state index contributed by atoms with van der Waals surface area (Å²) >= 11 is 3.33. The van der Waals surface area contributed by atoms with E-state index in [4.69, 9.17) is 4.74 Å². The van der Waals surface area contributed by atoms with Crippen LogP contribution in [0, 0.1) is 5.82 Å². The van der Waals surface area contributed by atoms with Crippen molar-refractivity contribution in [1.29, 1.82) is 0 Å². The molecule has 1 N–H and O–H groups in total. The van der Waals surface area contributed by atoms with Crippen LogP contribution in [-0.4, -0.2) is 12.1 Å². The molecule has 5 heteroatoms. The minimum absolute atomic E-state index is 0.260. The van der Waals surface area contributed by atoms with Crippen molar-refractivity contribution in [2.24, 2.45) is 0 Å². The van der Waals surface area contributed by atoms with Crippen LogP contribution < -0.4 is 10.1 Å². The minimum Gasteiger partial charge on any atom is -0.480 e. The van der Waals surface area contributed by atoms with Crippen molar-refractivity contribution in [2.45, 2.75) is 6.54 Å². The van der Waals surface area contributed by atoms with Crippen molar-refractivity contribution >= 4 is 21.6 Å². The molecule has 2 aromatic rings. The lowest BCUT2D eigenvalue weighted by Gasteiger charge is -2.10. The number of anilines is 1. The molecule has 0 saturated carbocycles. The van der Waals surface area contributed by atoms with Crippen LogP contribution in [0.15, 0.2) is 41.0 Å². The highest BCUT2D eigenvalue weighted by atomic mass is 79.9. The summed E-state index contributed by atoms with van der Waals surface area (Å²) in [7, 11) is 1.57. The van der Waals surface area contributed by atoms with Gasteiger partial charge in [0.1, 0.15) is 5.82 Å². The van der Waals surface area contributed by atoms with E-state index in [1.165, 1.54) is 12.1 Å². The van der Waals surface area contributed by atoms with Gasteiger partial charge in [-0.3, -0.25) is 0 Å². The van der Waals surface area contributed by atoms with Gasteiger partial charge in [0.25, 0.3) is 0 Å². The van der Waals surface area contributed by atoms with Crippen molar-refractivity contribution in [3.8, 4) is 5.88 Å². The first-order valence-corrected chi connectivity index (χ1v) is 6.17. The van der Waals surface area contributed by atoms with Crippen molar-refractivity contribution < 1.29 is 9.13 Å². The summed E-state index contributed by atoms with van der Waals surface area (Å²) in [4.78, 5) is 4.09. The van der Waals surface area contributed by atoms with Crippen molar-refractivity contribution in [2.75, 3.05) is 12.4 Å². The van der Waals surface area contributed by atoms with Gasteiger partial charge in [0.2, 0.25) is 5.88 Å². The summed E-state index contributed by atoms with van der Waals surface area (Å²) in [5.74, 6) is 0.278. The van der Waals surface area contributed by atoms with Crippen molar-refractivity contribution in [3.63, 3.8) is 0 Å². The molecule has 0 atom stereocenters. The van der Waals surface area contributed by atoms with Crippen LogP contribution in [0.25, 0.3) is 0 Å². The predicted molar refractivity (Wildman–Crippen MR) is 72.2 cm³/mol. The van der Waals surface area contributed by atoms with E-state index in [1.54, 1.807) is 19.4 Å².